The third-order valence-corrected chi connectivity index (χ3v) is 2.78. The summed E-state index contributed by atoms with van der Waals surface area (Å²) in [7, 11) is 0. The minimum Gasteiger partial charge on any atom is -0.444 e. The normalized spacial score (nSPS) is 19.9. The van der Waals surface area contributed by atoms with Crippen molar-refractivity contribution in [3.05, 3.63) is 36.2 Å². The van der Waals surface area contributed by atoms with Crippen LogP contribution in [-0.4, -0.2) is 28.1 Å². The van der Waals surface area contributed by atoms with Crippen LogP contribution in [0.5, 0.6) is 0 Å². The number of H-pyrrole nitrogens is 1. The second kappa shape index (κ2) is 4.88. The van der Waals surface area contributed by atoms with E-state index in [0.29, 0.717) is 6.54 Å². The van der Waals surface area contributed by atoms with Gasteiger partial charge in [0.25, 0.3) is 0 Å². The lowest BCUT2D eigenvalue weighted by Gasteiger charge is -2.33. The third-order valence-electron chi connectivity index (χ3n) is 2.78. The molecule has 1 atom stereocenters. The smallest absolute Gasteiger partial charge is 0.411 e. The van der Waals surface area contributed by atoms with Gasteiger partial charge in [-0.3, -0.25) is 4.90 Å². The van der Waals surface area contributed by atoms with Crippen molar-refractivity contribution in [3.8, 4) is 0 Å². The average molecular weight is 248 g/mol. The zero-order valence-corrected chi connectivity index (χ0v) is 11.1. The molecule has 2 rings (SSSR count). The Hall–Kier alpha value is -1.71. The van der Waals surface area contributed by atoms with Crippen molar-refractivity contribution < 1.29 is 9.53 Å². The molecule has 1 aromatic heterocycles. The van der Waals surface area contributed by atoms with Gasteiger partial charge in [-0.25, -0.2) is 4.79 Å². The second-order valence-electron chi connectivity index (χ2n) is 5.48. The first-order valence-electron chi connectivity index (χ1n) is 6.26. The van der Waals surface area contributed by atoms with Crippen LogP contribution in [0.1, 0.15) is 38.8 Å². The number of hydrogen-bond acceptors (Lipinski definition) is 2. The number of carbonyl (C=O) groups is 1. The molecule has 4 nitrogen and oxygen atoms in total. The number of hydrogen-bond donors (Lipinski definition) is 1. The molecular weight excluding hydrogens is 228 g/mol. The van der Waals surface area contributed by atoms with Gasteiger partial charge in [-0.15, -0.1) is 0 Å². The van der Waals surface area contributed by atoms with Crippen LogP contribution in [0.15, 0.2) is 30.6 Å². The average Bonchev–Trinajstić information content (AvgIpc) is 2.80. The van der Waals surface area contributed by atoms with Crippen LogP contribution in [-0.2, 0) is 4.74 Å². The molecule has 0 fully saturated rings. The highest BCUT2D eigenvalue weighted by Gasteiger charge is 2.29. The zero-order chi connectivity index (χ0) is 13.2. The summed E-state index contributed by atoms with van der Waals surface area (Å²) < 4.78 is 5.45. The summed E-state index contributed by atoms with van der Waals surface area (Å²) in [5.74, 6) is 0. The number of nitrogens with zero attached hydrogens (tertiary/aromatic N) is 1. The van der Waals surface area contributed by atoms with Crippen molar-refractivity contribution >= 4 is 6.09 Å². The molecule has 1 aromatic rings. The molecule has 1 unspecified atom stereocenters. The molecule has 1 amide bonds. The quantitative estimate of drug-likeness (QED) is 0.775. The highest BCUT2D eigenvalue weighted by molar-refractivity contribution is 5.69. The molecule has 0 bridgehead atoms. The van der Waals surface area contributed by atoms with E-state index in [1.807, 2.05) is 39.2 Å². The van der Waals surface area contributed by atoms with Gasteiger partial charge in [-0.2, -0.15) is 0 Å². The summed E-state index contributed by atoms with van der Waals surface area (Å²) >= 11 is 0. The van der Waals surface area contributed by atoms with Crippen molar-refractivity contribution in [2.24, 2.45) is 0 Å². The Morgan fingerprint density at radius 3 is 2.89 bits per heavy atom. The first-order valence-corrected chi connectivity index (χ1v) is 6.26. The Bertz CT molecular complexity index is 429. The maximum atomic E-state index is 12.2. The Kier molecular flexibility index (Phi) is 3.45. The Morgan fingerprint density at radius 2 is 2.28 bits per heavy atom. The fourth-order valence-corrected chi connectivity index (χ4v) is 2.02. The Morgan fingerprint density at radius 1 is 1.50 bits per heavy atom. The fraction of sp³-hybridized carbons (Fsp3) is 0.500. The summed E-state index contributed by atoms with van der Waals surface area (Å²) in [6.07, 6.45) is 8.57. The summed E-state index contributed by atoms with van der Waals surface area (Å²) in [6, 6.07) is 1.96. The van der Waals surface area contributed by atoms with Gasteiger partial charge >= 0.3 is 6.09 Å². The first kappa shape index (κ1) is 12.7. The van der Waals surface area contributed by atoms with E-state index in [4.69, 9.17) is 4.74 Å². The summed E-state index contributed by atoms with van der Waals surface area (Å²) in [6.45, 7) is 6.35. The summed E-state index contributed by atoms with van der Waals surface area (Å²) in [5.41, 5.74) is 0.623. The van der Waals surface area contributed by atoms with E-state index < -0.39 is 5.60 Å². The van der Waals surface area contributed by atoms with E-state index >= 15 is 0 Å². The molecule has 4 heteroatoms. The highest BCUT2D eigenvalue weighted by atomic mass is 16.6. The molecule has 0 saturated carbocycles. The number of aromatic nitrogens is 1. The minimum atomic E-state index is -0.457. The van der Waals surface area contributed by atoms with Crippen LogP contribution in [0.25, 0.3) is 0 Å². The maximum Gasteiger partial charge on any atom is 0.411 e. The van der Waals surface area contributed by atoms with E-state index in [-0.39, 0.29) is 12.1 Å². The highest BCUT2D eigenvalue weighted by Crippen LogP contribution is 2.27. The van der Waals surface area contributed by atoms with Gasteiger partial charge in [0.15, 0.2) is 0 Å². The van der Waals surface area contributed by atoms with Crippen molar-refractivity contribution in [1.29, 1.82) is 0 Å². The van der Waals surface area contributed by atoms with Crippen LogP contribution < -0.4 is 0 Å². The zero-order valence-electron chi connectivity index (χ0n) is 11.1. The minimum absolute atomic E-state index is 0.0279. The van der Waals surface area contributed by atoms with Crippen LogP contribution in [0.3, 0.4) is 0 Å². The van der Waals surface area contributed by atoms with Crippen LogP contribution in [0.4, 0.5) is 4.79 Å². The first-order chi connectivity index (χ1) is 8.47. The molecule has 98 valence electrons. The van der Waals surface area contributed by atoms with Crippen LogP contribution >= 0.6 is 0 Å². The van der Waals surface area contributed by atoms with Gasteiger partial charge in [0, 0.05) is 18.9 Å². The SMILES string of the molecule is CC(C)(C)OC(=O)N1CCC=CC1c1cc[nH]c1. The number of carbonyl (C=O) groups excluding carboxylic acids is 1. The second-order valence-corrected chi connectivity index (χ2v) is 5.48. The van der Waals surface area contributed by atoms with Gasteiger partial charge < -0.3 is 9.72 Å². The van der Waals surface area contributed by atoms with Crippen molar-refractivity contribution in [2.75, 3.05) is 6.54 Å². The topological polar surface area (TPSA) is 45.3 Å². The molecule has 2 heterocycles. The fourth-order valence-electron chi connectivity index (χ4n) is 2.02. The maximum absolute atomic E-state index is 12.2. The van der Waals surface area contributed by atoms with Crippen LogP contribution in [0.2, 0.25) is 0 Å². The van der Waals surface area contributed by atoms with E-state index in [0.717, 1.165) is 12.0 Å². The molecule has 0 saturated heterocycles. The number of nitrogens with one attached hydrogen (secondary N) is 1. The molecule has 0 aliphatic carbocycles. The lowest BCUT2D eigenvalue weighted by molar-refractivity contribution is 0.0190. The third kappa shape index (κ3) is 2.94. The van der Waals surface area contributed by atoms with Crippen molar-refractivity contribution in [1.82, 2.24) is 9.88 Å². The van der Waals surface area contributed by atoms with Gasteiger partial charge in [0.1, 0.15) is 5.60 Å². The molecule has 0 spiro atoms. The largest absolute Gasteiger partial charge is 0.444 e. The van der Waals surface area contributed by atoms with Gasteiger partial charge in [0.2, 0.25) is 0 Å². The molecule has 0 radical (unpaired) electrons. The van der Waals surface area contributed by atoms with E-state index in [1.54, 1.807) is 4.90 Å². The number of amides is 1. The van der Waals surface area contributed by atoms with E-state index in [1.165, 1.54) is 0 Å². The predicted molar refractivity (Wildman–Crippen MR) is 70.2 cm³/mol. The van der Waals surface area contributed by atoms with Crippen LogP contribution in [0, 0.1) is 0 Å². The Balaban J connectivity index is 2.15. The van der Waals surface area contributed by atoms with Crippen molar-refractivity contribution in [3.63, 3.8) is 0 Å². The van der Waals surface area contributed by atoms with Gasteiger partial charge in [-0.1, -0.05) is 12.2 Å². The van der Waals surface area contributed by atoms with Gasteiger partial charge in [-0.05, 0) is 38.8 Å². The Labute approximate surface area is 108 Å². The van der Waals surface area contributed by atoms with E-state index in [9.17, 15) is 4.79 Å². The lowest BCUT2D eigenvalue weighted by Crippen LogP contribution is -2.40. The lowest BCUT2D eigenvalue weighted by atomic mass is 10.0. The monoisotopic (exact) mass is 248 g/mol. The summed E-state index contributed by atoms with van der Waals surface area (Å²) in [4.78, 5) is 17.0. The van der Waals surface area contributed by atoms with Crippen molar-refractivity contribution in [2.45, 2.75) is 38.8 Å². The standard InChI is InChI=1S/C14H20N2O2/c1-14(2,3)18-13(17)16-9-5-4-6-12(16)11-7-8-15-10-11/h4,6-8,10,12,15H,5,9H2,1-3H3. The number of ether oxygens (including phenoxy) is 1. The number of aromatic amines is 1. The molecular formula is C14H20N2O2. The molecule has 1 N–H and O–H groups in total. The van der Waals surface area contributed by atoms with Gasteiger partial charge in [0.05, 0.1) is 6.04 Å². The molecule has 1 aliphatic heterocycles. The molecule has 0 aromatic carbocycles. The summed E-state index contributed by atoms with van der Waals surface area (Å²) in [5, 5.41) is 0. The predicted octanol–water partition coefficient (Wildman–Crippen LogP) is 3.25. The molecule has 18 heavy (non-hydrogen) atoms. The number of rotatable bonds is 1. The molecule has 1 aliphatic rings. The van der Waals surface area contributed by atoms with E-state index in [2.05, 4.69) is 17.1 Å².